The number of carbonyl (C=O) groups is 1. The highest BCUT2D eigenvalue weighted by atomic mass is 16.6. The van der Waals surface area contributed by atoms with Crippen LogP contribution >= 0.6 is 0 Å². The molecule has 0 N–H and O–H groups in total. The second-order valence-corrected chi connectivity index (χ2v) is 7.13. The highest BCUT2D eigenvalue weighted by Gasteiger charge is 2.42. The highest BCUT2D eigenvalue weighted by Crippen LogP contribution is 2.38. The van der Waals surface area contributed by atoms with Crippen LogP contribution in [0.5, 0.6) is 0 Å². The molecular formula is C22H20N2O5. The molecule has 0 bridgehead atoms. The van der Waals surface area contributed by atoms with Crippen LogP contribution < -0.4 is 5.43 Å². The zero-order valence-corrected chi connectivity index (χ0v) is 16.0. The number of unbranched alkanes of at least 4 members (excludes halogenated alkanes) is 2. The van der Waals surface area contributed by atoms with Crippen LogP contribution in [0, 0.1) is 10.1 Å². The largest absolute Gasteiger partial charge is 0.450 e. The van der Waals surface area contributed by atoms with Crippen LogP contribution in [-0.2, 0) is 0 Å². The number of hydrogen-bond acceptors (Lipinski definition) is 5. The van der Waals surface area contributed by atoms with Crippen molar-refractivity contribution in [2.45, 2.75) is 32.2 Å². The average molecular weight is 392 g/mol. The molecule has 0 radical (unpaired) electrons. The van der Waals surface area contributed by atoms with Gasteiger partial charge in [-0.15, -0.1) is 0 Å². The maximum atomic E-state index is 13.3. The number of nitro groups is 1. The molecule has 0 saturated heterocycles. The van der Waals surface area contributed by atoms with Crippen LogP contribution in [0.3, 0.4) is 0 Å². The molecule has 0 aliphatic carbocycles. The molecule has 1 unspecified atom stereocenters. The zero-order chi connectivity index (χ0) is 20.5. The van der Waals surface area contributed by atoms with E-state index in [2.05, 4.69) is 6.92 Å². The lowest BCUT2D eigenvalue weighted by molar-refractivity contribution is -0.384. The summed E-state index contributed by atoms with van der Waals surface area (Å²) < 4.78 is 5.85. The van der Waals surface area contributed by atoms with Crippen LogP contribution in [0.25, 0.3) is 11.0 Å². The lowest BCUT2D eigenvalue weighted by atomic mass is 9.98. The van der Waals surface area contributed by atoms with E-state index in [4.69, 9.17) is 4.42 Å². The van der Waals surface area contributed by atoms with Crippen LogP contribution in [0.15, 0.2) is 57.7 Å². The van der Waals surface area contributed by atoms with E-state index in [0.717, 1.165) is 19.3 Å². The molecular weight excluding hydrogens is 372 g/mol. The SMILES string of the molecule is CCCCCN1C(=O)c2oc3ccccc3c(=O)c2C1c1ccc([N+](=O)[O-])cc1. The Kier molecular flexibility index (Phi) is 4.88. The van der Waals surface area contributed by atoms with Gasteiger partial charge in [0.1, 0.15) is 5.58 Å². The predicted octanol–water partition coefficient (Wildman–Crippen LogP) is 4.44. The molecule has 1 atom stereocenters. The lowest BCUT2D eigenvalue weighted by Crippen LogP contribution is -2.30. The minimum atomic E-state index is -0.615. The number of amides is 1. The van der Waals surface area contributed by atoms with Crippen molar-refractivity contribution in [2.75, 3.05) is 6.54 Å². The van der Waals surface area contributed by atoms with Gasteiger partial charge in [-0.05, 0) is 36.2 Å². The molecule has 1 amide bonds. The second kappa shape index (κ2) is 7.50. The Morgan fingerprint density at radius 2 is 1.79 bits per heavy atom. The first-order valence-corrected chi connectivity index (χ1v) is 9.64. The minimum Gasteiger partial charge on any atom is -0.450 e. The number of fused-ring (bicyclic) bond motifs is 2. The first-order valence-electron chi connectivity index (χ1n) is 9.64. The van der Waals surface area contributed by atoms with Crippen LogP contribution in [0.2, 0.25) is 0 Å². The summed E-state index contributed by atoms with van der Waals surface area (Å²) in [5.41, 5.74) is 1.06. The summed E-state index contributed by atoms with van der Waals surface area (Å²) in [5, 5.41) is 11.4. The van der Waals surface area contributed by atoms with Gasteiger partial charge >= 0.3 is 0 Å². The Bertz CT molecular complexity index is 1150. The van der Waals surface area contributed by atoms with Crippen molar-refractivity contribution in [1.29, 1.82) is 0 Å². The zero-order valence-electron chi connectivity index (χ0n) is 16.0. The number of para-hydroxylation sites is 1. The first-order chi connectivity index (χ1) is 14.0. The molecule has 29 heavy (non-hydrogen) atoms. The number of benzene rings is 2. The van der Waals surface area contributed by atoms with Gasteiger partial charge in [0.15, 0.2) is 5.43 Å². The van der Waals surface area contributed by atoms with Gasteiger partial charge in [0, 0.05) is 18.7 Å². The number of non-ortho nitro benzene ring substituents is 1. The van der Waals surface area contributed by atoms with Crippen molar-refractivity contribution in [1.82, 2.24) is 4.90 Å². The van der Waals surface area contributed by atoms with Crippen LogP contribution in [0.1, 0.15) is 53.9 Å². The first kappa shape index (κ1) is 18.9. The number of nitro benzene ring substituents is 1. The Morgan fingerprint density at radius 1 is 1.07 bits per heavy atom. The van der Waals surface area contributed by atoms with Crippen molar-refractivity contribution in [2.24, 2.45) is 0 Å². The Hall–Kier alpha value is -3.48. The van der Waals surface area contributed by atoms with E-state index in [1.54, 1.807) is 41.3 Å². The maximum Gasteiger partial charge on any atom is 0.290 e. The van der Waals surface area contributed by atoms with E-state index in [1.165, 1.54) is 12.1 Å². The average Bonchev–Trinajstić information content (AvgIpc) is 3.01. The topological polar surface area (TPSA) is 93.7 Å². The molecule has 0 saturated carbocycles. The molecule has 7 heteroatoms. The van der Waals surface area contributed by atoms with Gasteiger partial charge in [0.05, 0.1) is 21.9 Å². The molecule has 0 spiro atoms. The Balaban J connectivity index is 1.88. The molecule has 1 aromatic heterocycles. The molecule has 148 valence electrons. The number of rotatable bonds is 6. The van der Waals surface area contributed by atoms with Crippen LogP contribution in [0.4, 0.5) is 5.69 Å². The standard InChI is InChI=1S/C22H20N2O5/c1-2-3-6-13-23-19(14-9-11-15(12-10-14)24(27)28)18-20(25)16-7-4-5-8-17(16)29-21(18)22(23)26/h4-5,7-12,19H,2-3,6,13H2,1H3. The summed E-state index contributed by atoms with van der Waals surface area (Å²) in [6.45, 7) is 2.56. The smallest absolute Gasteiger partial charge is 0.290 e. The molecule has 2 aromatic carbocycles. The Morgan fingerprint density at radius 3 is 2.48 bits per heavy atom. The minimum absolute atomic E-state index is 0.0404. The molecule has 2 heterocycles. The van der Waals surface area contributed by atoms with Gasteiger partial charge < -0.3 is 9.32 Å². The Labute approximate surface area is 166 Å². The second-order valence-electron chi connectivity index (χ2n) is 7.13. The third kappa shape index (κ3) is 3.18. The molecule has 3 aromatic rings. The molecule has 1 aliphatic heterocycles. The van der Waals surface area contributed by atoms with Gasteiger partial charge in [-0.1, -0.05) is 31.9 Å². The van der Waals surface area contributed by atoms with E-state index >= 15 is 0 Å². The number of hydrogen-bond donors (Lipinski definition) is 0. The normalized spacial score (nSPS) is 15.7. The van der Waals surface area contributed by atoms with Crippen molar-refractivity contribution >= 4 is 22.6 Å². The fraction of sp³-hybridized carbons (Fsp3) is 0.273. The molecule has 0 fully saturated rings. The monoisotopic (exact) mass is 392 g/mol. The highest BCUT2D eigenvalue weighted by molar-refractivity contribution is 5.99. The van der Waals surface area contributed by atoms with E-state index < -0.39 is 11.0 Å². The summed E-state index contributed by atoms with van der Waals surface area (Å²) in [7, 11) is 0. The summed E-state index contributed by atoms with van der Waals surface area (Å²) >= 11 is 0. The van der Waals surface area contributed by atoms with E-state index in [0.29, 0.717) is 28.6 Å². The third-order valence-corrected chi connectivity index (χ3v) is 5.30. The van der Waals surface area contributed by atoms with Gasteiger partial charge in [-0.3, -0.25) is 19.7 Å². The van der Waals surface area contributed by atoms with Gasteiger partial charge in [-0.25, -0.2) is 0 Å². The fourth-order valence-corrected chi connectivity index (χ4v) is 3.85. The third-order valence-electron chi connectivity index (χ3n) is 5.30. The van der Waals surface area contributed by atoms with Crippen molar-refractivity contribution < 1.29 is 14.1 Å². The summed E-state index contributed by atoms with van der Waals surface area (Å²) in [6.07, 6.45) is 2.75. The van der Waals surface area contributed by atoms with Gasteiger partial charge in [0.25, 0.3) is 11.6 Å². The maximum absolute atomic E-state index is 13.3. The molecule has 4 rings (SSSR count). The van der Waals surface area contributed by atoms with Gasteiger partial charge in [-0.2, -0.15) is 0 Å². The van der Waals surface area contributed by atoms with Gasteiger partial charge in [0.2, 0.25) is 5.76 Å². The van der Waals surface area contributed by atoms with Crippen molar-refractivity contribution in [3.8, 4) is 0 Å². The van der Waals surface area contributed by atoms with Crippen LogP contribution in [-0.4, -0.2) is 22.3 Å². The molecule has 1 aliphatic rings. The number of carbonyl (C=O) groups excluding carboxylic acids is 1. The fourth-order valence-electron chi connectivity index (χ4n) is 3.85. The molecule has 7 nitrogen and oxygen atoms in total. The van der Waals surface area contributed by atoms with E-state index in [9.17, 15) is 19.7 Å². The van der Waals surface area contributed by atoms with Crippen molar-refractivity contribution in [3.63, 3.8) is 0 Å². The summed E-state index contributed by atoms with van der Waals surface area (Å²) in [6, 6.07) is 12.2. The van der Waals surface area contributed by atoms with Crippen molar-refractivity contribution in [3.05, 3.63) is 85.8 Å². The summed E-state index contributed by atoms with van der Waals surface area (Å²) in [5.74, 6) is -0.254. The van der Waals surface area contributed by atoms with E-state index in [1.807, 2.05) is 0 Å². The lowest BCUT2D eigenvalue weighted by Gasteiger charge is -2.25. The quantitative estimate of drug-likeness (QED) is 0.351. The van der Waals surface area contributed by atoms with E-state index in [-0.39, 0.29) is 22.8 Å². The summed E-state index contributed by atoms with van der Waals surface area (Å²) in [4.78, 5) is 38.6. The predicted molar refractivity (Wildman–Crippen MR) is 108 cm³/mol. The number of nitrogens with zero attached hydrogens (tertiary/aromatic N) is 2.